The summed E-state index contributed by atoms with van der Waals surface area (Å²) >= 11 is 5.12. The fraction of sp³-hybridized carbons (Fsp3) is 0.250. The zero-order valence-corrected chi connectivity index (χ0v) is 14.2. The monoisotopic (exact) mass is 332 g/mol. The van der Waals surface area contributed by atoms with Crippen molar-refractivity contribution in [3.05, 3.63) is 52.8 Å². The number of hydrogen-bond acceptors (Lipinski definition) is 4. The topological polar surface area (TPSA) is 60.2 Å². The van der Waals surface area contributed by atoms with E-state index in [0.29, 0.717) is 23.0 Å². The highest BCUT2D eigenvalue weighted by atomic mass is 32.1. The number of nitrogens with zero attached hydrogens (tertiary/aromatic N) is 2. The first-order chi connectivity index (χ1) is 11.0. The van der Waals surface area contributed by atoms with Crippen LogP contribution in [0, 0.1) is 0 Å². The Labute approximate surface area is 140 Å². The molecule has 1 heterocycles. The predicted molar refractivity (Wildman–Crippen MR) is 97.7 cm³/mol. The summed E-state index contributed by atoms with van der Waals surface area (Å²) in [5.41, 5.74) is 1.29. The molecule has 1 aromatic carbocycles. The van der Waals surface area contributed by atoms with Crippen molar-refractivity contribution in [2.24, 2.45) is 7.05 Å². The molecule has 0 atom stereocenters. The van der Waals surface area contributed by atoms with Gasteiger partial charge < -0.3 is 15.4 Å². The smallest absolute Gasteiger partial charge is 0.292 e. The third-order valence-electron chi connectivity index (χ3n) is 3.51. The molecule has 2 N–H and O–H groups in total. The molecule has 122 valence electrons. The third kappa shape index (κ3) is 3.45. The molecule has 7 heteroatoms. The van der Waals surface area contributed by atoms with Crippen molar-refractivity contribution in [1.82, 2.24) is 9.36 Å². The Hall–Kier alpha value is -2.54. The summed E-state index contributed by atoms with van der Waals surface area (Å²) in [7, 11) is 5.12. The van der Waals surface area contributed by atoms with E-state index in [1.807, 2.05) is 24.3 Å². The lowest BCUT2D eigenvalue weighted by Gasteiger charge is -2.11. The van der Waals surface area contributed by atoms with Gasteiger partial charge in [0.1, 0.15) is 16.4 Å². The summed E-state index contributed by atoms with van der Waals surface area (Å²) in [6.45, 7) is 4.05. The summed E-state index contributed by atoms with van der Waals surface area (Å²) in [5.74, 6) is 1.36. The lowest BCUT2D eigenvalue weighted by molar-refractivity contribution is 0.413. The van der Waals surface area contributed by atoms with Crippen molar-refractivity contribution < 1.29 is 4.74 Å². The van der Waals surface area contributed by atoms with E-state index in [9.17, 15) is 4.79 Å². The van der Waals surface area contributed by atoms with Gasteiger partial charge in [0.05, 0.1) is 13.7 Å². The lowest BCUT2D eigenvalue weighted by atomic mass is 10.2. The van der Waals surface area contributed by atoms with Crippen LogP contribution in [-0.4, -0.2) is 28.5 Å². The van der Waals surface area contributed by atoms with Crippen LogP contribution in [0.15, 0.2) is 41.7 Å². The number of hydrogen-bond donors (Lipinski definition) is 2. The molecule has 0 aliphatic rings. The molecule has 0 unspecified atom stereocenters. The van der Waals surface area contributed by atoms with Gasteiger partial charge in [-0.05, 0) is 23.8 Å². The number of aromatic nitrogens is 2. The number of thiocarbonyl (C=S) groups is 1. The highest BCUT2D eigenvalue weighted by Crippen LogP contribution is 2.19. The van der Waals surface area contributed by atoms with Gasteiger partial charge in [-0.1, -0.05) is 30.9 Å². The second-order valence-corrected chi connectivity index (χ2v) is 5.34. The summed E-state index contributed by atoms with van der Waals surface area (Å²) in [6.07, 6.45) is 1.53. The lowest BCUT2D eigenvalue weighted by Crippen LogP contribution is -2.23. The summed E-state index contributed by atoms with van der Waals surface area (Å²) in [4.78, 5) is 13.1. The average Bonchev–Trinajstić information content (AvgIpc) is 2.78. The second kappa shape index (κ2) is 7.15. The van der Waals surface area contributed by atoms with Crippen molar-refractivity contribution in [2.75, 3.05) is 24.8 Å². The van der Waals surface area contributed by atoms with Gasteiger partial charge in [-0.25, -0.2) is 4.68 Å². The molecule has 0 radical (unpaired) electrons. The largest absolute Gasteiger partial charge is 0.497 e. The normalized spacial score (nSPS) is 10.2. The van der Waals surface area contributed by atoms with Gasteiger partial charge in [0.2, 0.25) is 0 Å². The molecule has 6 nitrogen and oxygen atoms in total. The number of rotatable bonds is 6. The van der Waals surface area contributed by atoms with Crippen molar-refractivity contribution in [2.45, 2.75) is 6.54 Å². The van der Waals surface area contributed by atoms with Crippen LogP contribution < -0.4 is 20.9 Å². The predicted octanol–water partition coefficient (Wildman–Crippen LogP) is 2.21. The van der Waals surface area contributed by atoms with E-state index in [0.717, 1.165) is 11.3 Å². The minimum atomic E-state index is -0.132. The Morgan fingerprint density at radius 1 is 1.48 bits per heavy atom. The molecule has 0 spiro atoms. The van der Waals surface area contributed by atoms with E-state index in [-0.39, 0.29) is 5.56 Å². The van der Waals surface area contributed by atoms with Crippen LogP contribution in [0.25, 0.3) is 0 Å². The molecule has 0 amide bonds. The maximum Gasteiger partial charge on any atom is 0.292 e. The van der Waals surface area contributed by atoms with Gasteiger partial charge in [-0.3, -0.25) is 9.48 Å². The van der Waals surface area contributed by atoms with E-state index >= 15 is 0 Å². The number of nitrogens with one attached hydrogen (secondary N) is 2. The number of methoxy groups -OCH3 is 1. The van der Waals surface area contributed by atoms with Gasteiger partial charge in [0.15, 0.2) is 5.82 Å². The molecular formula is C16H20N4O2S. The first-order valence-corrected chi connectivity index (χ1v) is 7.46. The van der Waals surface area contributed by atoms with Gasteiger partial charge in [0.25, 0.3) is 5.56 Å². The molecule has 0 fully saturated rings. The van der Waals surface area contributed by atoms with E-state index in [1.54, 1.807) is 30.6 Å². The molecule has 0 saturated carbocycles. The zero-order chi connectivity index (χ0) is 17.0. The molecule has 0 saturated heterocycles. The molecule has 1 aromatic heterocycles. The molecule has 0 bridgehead atoms. The minimum Gasteiger partial charge on any atom is -0.497 e. The van der Waals surface area contributed by atoms with Crippen molar-refractivity contribution in [1.29, 1.82) is 0 Å². The van der Waals surface area contributed by atoms with Gasteiger partial charge >= 0.3 is 0 Å². The number of anilines is 2. The Morgan fingerprint density at radius 3 is 2.83 bits per heavy atom. The fourth-order valence-corrected chi connectivity index (χ4v) is 2.40. The molecule has 23 heavy (non-hydrogen) atoms. The molecule has 0 aliphatic heterocycles. The van der Waals surface area contributed by atoms with Crippen LogP contribution in [0.3, 0.4) is 0 Å². The summed E-state index contributed by atoms with van der Waals surface area (Å²) in [6, 6.07) is 7.61. The first kappa shape index (κ1) is 16.8. The van der Waals surface area contributed by atoms with E-state index in [2.05, 4.69) is 17.2 Å². The van der Waals surface area contributed by atoms with Crippen molar-refractivity contribution >= 4 is 28.7 Å². The van der Waals surface area contributed by atoms with Crippen molar-refractivity contribution in [3.8, 4) is 5.75 Å². The number of ether oxygens (including phenoxy) is 1. The van der Waals surface area contributed by atoms with Crippen LogP contribution in [0.2, 0.25) is 0 Å². The zero-order valence-electron chi connectivity index (χ0n) is 13.4. The fourth-order valence-electron chi connectivity index (χ4n) is 2.31. The Bertz CT molecular complexity index is 792. The number of benzene rings is 1. The van der Waals surface area contributed by atoms with Crippen molar-refractivity contribution in [3.63, 3.8) is 0 Å². The Morgan fingerprint density at radius 2 is 2.22 bits per heavy atom. The first-order valence-electron chi connectivity index (χ1n) is 7.05. The highest BCUT2D eigenvalue weighted by molar-refractivity contribution is 7.81. The second-order valence-electron chi connectivity index (χ2n) is 4.90. The van der Waals surface area contributed by atoms with Crippen LogP contribution in [0.4, 0.5) is 11.5 Å². The highest BCUT2D eigenvalue weighted by Gasteiger charge is 2.17. The van der Waals surface area contributed by atoms with E-state index in [4.69, 9.17) is 17.0 Å². The molecule has 2 rings (SSSR count). The maximum absolute atomic E-state index is 12.6. The van der Waals surface area contributed by atoms with E-state index < -0.39 is 0 Å². The van der Waals surface area contributed by atoms with Crippen LogP contribution in [0.1, 0.15) is 5.56 Å². The van der Waals surface area contributed by atoms with Crippen LogP contribution >= 0.6 is 12.2 Å². The summed E-state index contributed by atoms with van der Waals surface area (Å²) < 4.78 is 8.58. The summed E-state index contributed by atoms with van der Waals surface area (Å²) in [5, 5.41) is 5.94. The van der Waals surface area contributed by atoms with Gasteiger partial charge in [0, 0.05) is 14.1 Å². The third-order valence-corrected chi connectivity index (χ3v) is 3.78. The quantitative estimate of drug-likeness (QED) is 0.627. The Kier molecular flexibility index (Phi) is 5.23. The molecule has 0 aliphatic carbocycles. The maximum atomic E-state index is 12.6. The van der Waals surface area contributed by atoms with Gasteiger partial charge in [-0.15, -0.1) is 0 Å². The average molecular weight is 332 g/mol. The standard InChI is InChI=1S/C16H20N4O2S/c1-5-13(23)18-15-14(17-2)16(21)20(19(15)3)10-11-7-6-8-12(9-11)22-4/h5-9,17H,1,10H2,2-4H3,(H,18,23). The Balaban J connectivity index is 2.44. The minimum absolute atomic E-state index is 0.132. The SMILES string of the molecule is C=CC(=S)Nc1c(NC)c(=O)n(Cc2cccc(OC)c2)n1C. The molecule has 2 aromatic rings. The van der Waals surface area contributed by atoms with E-state index in [1.165, 1.54) is 6.08 Å². The van der Waals surface area contributed by atoms with Crippen LogP contribution in [0.5, 0.6) is 5.75 Å². The molecular weight excluding hydrogens is 312 g/mol. The van der Waals surface area contributed by atoms with Crippen LogP contribution in [-0.2, 0) is 13.6 Å². The van der Waals surface area contributed by atoms with Gasteiger partial charge in [-0.2, -0.15) is 0 Å².